The van der Waals surface area contributed by atoms with Gasteiger partial charge in [-0.15, -0.1) is 0 Å². The number of carbonyl (C=O) groups is 2. The molecule has 1 fully saturated rings. The summed E-state index contributed by atoms with van der Waals surface area (Å²) in [5.74, 6) is 0. The minimum atomic E-state index is -5.29. The zero-order chi connectivity index (χ0) is 38.6. The number of nitrogens with zero attached hydrogens (tertiary/aromatic N) is 6. The molecular formula is C31H58N8O10S2. The highest BCUT2D eigenvalue weighted by molar-refractivity contribution is 7.88. The summed E-state index contributed by atoms with van der Waals surface area (Å²) in [6.07, 6.45) is 11.1. The van der Waals surface area contributed by atoms with Crippen LogP contribution in [0.2, 0.25) is 0 Å². The van der Waals surface area contributed by atoms with E-state index in [0.29, 0.717) is 5.06 Å². The molecular weight excluding hydrogens is 709 g/mol. The predicted molar refractivity (Wildman–Crippen MR) is 188 cm³/mol. The third-order valence-electron chi connectivity index (χ3n) is 8.65. The molecule has 51 heavy (non-hydrogen) atoms. The molecule has 0 unspecified atom stereocenters. The third kappa shape index (κ3) is 13.2. The van der Waals surface area contributed by atoms with Crippen LogP contribution in [0.3, 0.4) is 0 Å². The topological polar surface area (TPSA) is 225 Å². The molecule has 0 aromatic carbocycles. The lowest BCUT2D eigenvalue weighted by Crippen LogP contribution is -2.50. The minimum absolute atomic E-state index is 0.181. The summed E-state index contributed by atoms with van der Waals surface area (Å²) in [7, 11) is -8.29. The Bertz CT molecular complexity index is 1510. The van der Waals surface area contributed by atoms with E-state index in [0.717, 1.165) is 4.90 Å². The van der Waals surface area contributed by atoms with E-state index in [1.54, 1.807) is 4.72 Å². The van der Waals surface area contributed by atoms with Gasteiger partial charge in [0.25, 0.3) is 0 Å². The smallest absolute Gasteiger partial charge is 0.422 e. The molecule has 20 heteroatoms. The second-order valence-corrected chi connectivity index (χ2v) is 16.4. The monoisotopic (exact) mass is 766 g/mol. The van der Waals surface area contributed by atoms with Gasteiger partial charge in [0, 0.05) is 12.6 Å². The Morgan fingerprint density at radius 1 is 1.02 bits per heavy atom. The number of quaternary nitrogens is 1. The number of carbonyl (C=O) groups excluding carboxylic acids is 2. The number of aromatic nitrogens is 2. The average molecular weight is 767 g/mol. The number of nitrogens with one attached hydrogen (secondary N) is 2. The summed E-state index contributed by atoms with van der Waals surface area (Å²) in [5.41, 5.74) is -0.730. The number of hydroxylamine groups is 2. The molecule has 2 bridgehead atoms. The minimum Gasteiger partial charge on any atom is -0.724 e. The number of amides is 3. The molecule has 3 heterocycles. The van der Waals surface area contributed by atoms with E-state index < -0.39 is 57.0 Å². The molecule has 18 nitrogen and oxygen atoms in total. The van der Waals surface area contributed by atoms with E-state index in [9.17, 15) is 36.2 Å². The lowest BCUT2D eigenvalue weighted by Gasteiger charge is -2.39. The van der Waals surface area contributed by atoms with Crippen LogP contribution in [0.1, 0.15) is 123 Å². The molecule has 1 aromatic rings. The van der Waals surface area contributed by atoms with E-state index in [1.807, 2.05) is 4.72 Å². The maximum absolute atomic E-state index is 12.8. The van der Waals surface area contributed by atoms with Gasteiger partial charge < -0.3 is 23.9 Å². The largest absolute Gasteiger partial charge is 0.724 e. The highest BCUT2D eigenvalue weighted by atomic mass is 32.3. The van der Waals surface area contributed by atoms with Crippen molar-refractivity contribution in [2.24, 2.45) is 12.2 Å². The van der Waals surface area contributed by atoms with E-state index in [4.69, 9.17) is 4.74 Å². The summed E-state index contributed by atoms with van der Waals surface area (Å²) < 4.78 is 73.3. The lowest BCUT2D eigenvalue weighted by atomic mass is 9.95. The summed E-state index contributed by atoms with van der Waals surface area (Å²) >= 11 is 0. The number of aryl methyl sites for hydroxylation is 1. The standard InChI is InChI=1S/C16H36N.C15H23N7O10S2/c1-5-9-13-17(14-10-6-2,15-11-7-3)16-12-8-4;1-15(2,3)31-13(23)19-33(26,27)17-6-9(18-25)12-11-8(5-16-20(11)4)10-7-21(12)14(24)22(10)32-34(28,29)30/h5-16H2,1-4H3;5,10,12,17,25H,6-7H2,1-4H3,(H,19,23)(H,28,29,30)/q+1;/p-1/b;18-9+/t;10-,12+/m.0/s1. The SMILES string of the molecule is CCCC[N+](CCCC)(CCCC)CCCC.Cn1ncc2c1[C@@H](/C(CNS(=O)(=O)NC(=O)OC(C)(C)C)=N/O)N1C[C@@H]2N(OS(=O)(=O)[O-])C1=O. The molecule has 3 N–H and O–H groups in total. The van der Waals surface area contributed by atoms with Crippen LogP contribution >= 0.6 is 0 Å². The van der Waals surface area contributed by atoms with Crippen LogP contribution in [0.4, 0.5) is 9.59 Å². The Morgan fingerprint density at radius 3 is 1.96 bits per heavy atom. The van der Waals surface area contributed by atoms with E-state index in [-0.39, 0.29) is 23.5 Å². The van der Waals surface area contributed by atoms with Crippen molar-refractivity contribution < 1.29 is 49.7 Å². The molecule has 2 aliphatic heterocycles. The third-order valence-corrected chi connectivity index (χ3v) is 9.95. The van der Waals surface area contributed by atoms with Gasteiger partial charge in [-0.1, -0.05) is 58.5 Å². The maximum Gasteiger partial charge on any atom is 0.422 e. The average Bonchev–Trinajstić information content (AvgIpc) is 3.54. The van der Waals surface area contributed by atoms with Crippen LogP contribution < -0.4 is 9.44 Å². The molecule has 2 atom stereocenters. The quantitative estimate of drug-likeness (QED) is 0.0458. The normalized spacial score (nSPS) is 18.0. The van der Waals surface area contributed by atoms with Gasteiger partial charge in [-0.2, -0.15) is 27.6 Å². The highest BCUT2D eigenvalue weighted by Crippen LogP contribution is 2.44. The number of urea groups is 1. The number of oxime groups is 1. The van der Waals surface area contributed by atoms with Crippen LogP contribution in [0, 0.1) is 0 Å². The van der Waals surface area contributed by atoms with Crippen LogP contribution in [0.15, 0.2) is 11.4 Å². The molecule has 0 spiro atoms. The molecule has 2 aliphatic rings. The molecule has 0 radical (unpaired) electrons. The Morgan fingerprint density at radius 2 is 1.53 bits per heavy atom. The number of hydrogen-bond acceptors (Lipinski definition) is 12. The number of unbranched alkanes of at least 4 members (excludes halogenated alkanes) is 4. The molecule has 0 saturated carbocycles. The van der Waals surface area contributed by atoms with Crippen molar-refractivity contribution in [1.29, 1.82) is 0 Å². The number of hydrogen-bond donors (Lipinski definition) is 3. The predicted octanol–water partition coefficient (Wildman–Crippen LogP) is 3.84. The fourth-order valence-electron chi connectivity index (χ4n) is 6.21. The van der Waals surface area contributed by atoms with Crippen LogP contribution in [0.5, 0.6) is 0 Å². The van der Waals surface area contributed by atoms with Crippen molar-refractivity contribution in [3.8, 4) is 0 Å². The van der Waals surface area contributed by atoms with Gasteiger partial charge >= 0.3 is 22.3 Å². The molecule has 3 rings (SSSR count). The molecule has 294 valence electrons. The van der Waals surface area contributed by atoms with Crippen LogP contribution in [-0.4, -0.2) is 114 Å². The zero-order valence-electron chi connectivity index (χ0n) is 31.3. The van der Waals surface area contributed by atoms with Crippen molar-refractivity contribution in [3.63, 3.8) is 0 Å². The number of fused-ring (bicyclic) bond motifs is 4. The van der Waals surface area contributed by atoms with Gasteiger partial charge in [-0.05, 0) is 46.5 Å². The van der Waals surface area contributed by atoms with Gasteiger partial charge in [-0.3, -0.25) is 4.68 Å². The van der Waals surface area contributed by atoms with Crippen molar-refractivity contribution >= 4 is 38.4 Å². The Labute approximate surface area is 303 Å². The highest BCUT2D eigenvalue weighted by Gasteiger charge is 2.52. The molecule has 3 amide bonds. The first-order valence-corrected chi connectivity index (χ1v) is 20.4. The number of ether oxygens (including phenoxy) is 1. The van der Waals surface area contributed by atoms with E-state index in [1.165, 1.54) is 121 Å². The van der Waals surface area contributed by atoms with Crippen LogP contribution in [-0.2, 0) is 36.7 Å². The lowest BCUT2D eigenvalue weighted by molar-refractivity contribution is -0.929. The first-order valence-electron chi connectivity index (χ1n) is 17.6. The van der Waals surface area contributed by atoms with Crippen molar-refractivity contribution in [2.75, 3.05) is 39.3 Å². The Hall–Kier alpha value is -3.04. The van der Waals surface area contributed by atoms with Gasteiger partial charge in [0.2, 0.25) is 10.4 Å². The summed E-state index contributed by atoms with van der Waals surface area (Å²) in [5, 5.41) is 17.1. The second kappa shape index (κ2) is 19.2. The van der Waals surface area contributed by atoms with Gasteiger partial charge in [0.1, 0.15) is 23.4 Å². The van der Waals surface area contributed by atoms with E-state index >= 15 is 0 Å². The Kier molecular flexibility index (Phi) is 16.6. The van der Waals surface area contributed by atoms with Crippen molar-refractivity contribution in [1.82, 2.24) is 29.2 Å². The zero-order valence-corrected chi connectivity index (χ0v) is 32.9. The van der Waals surface area contributed by atoms with Crippen LogP contribution in [0.25, 0.3) is 0 Å². The first-order chi connectivity index (χ1) is 23.8. The number of rotatable bonds is 19. The summed E-state index contributed by atoms with van der Waals surface area (Å²) in [4.78, 5) is 25.6. The van der Waals surface area contributed by atoms with E-state index in [2.05, 4.69) is 42.2 Å². The maximum atomic E-state index is 12.8. The van der Waals surface area contributed by atoms with Crippen molar-refractivity contribution in [3.05, 3.63) is 17.5 Å². The second-order valence-electron chi connectivity index (χ2n) is 13.9. The summed E-state index contributed by atoms with van der Waals surface area (Å²) in [6.45, 7) is 18.7. The molecule has 1 saturated heterocycles. The van der Waals surface area contributed by atoms with Gasteiger partial charge in [-0.25, -0.2) is 22.7 Å². The molecule has 1 aromatic heterocycles. The Balaban J connectivity index is 0.000000449. The fourth-order valence-corrected chi connectivity index (χ4v) is 7.24. The van der Waals surface area contributed by atoms with Gasteiger partial charge in [0.05, 0.1) is 51.2 Å². The van der Waals surface area contributed by atoms with Crippen molar-refractivity contribution in [2.45, 2.75) is 118 Å². The molecule has 0 aliphatic carbocycles. The van der Waals surface area contributed by atoms with Gasteiger partial charge in [0.15, 0.2) is 0 Å². The fraction of sp³-hybridized carbons (Fsp3) is 0.806. The first kappa shape index (κ1) is 44.1. The summed E-state index contributed by atoms with van der Waals surface area (Å²) in [6, 6.07) is -3.27.